The van der Waals surface area contributed by atoms with Crippen LogP contribution in [0.5, 0.6) is 0 Å². The van der Waals surface area contributed by atoms with Crippen LogP contribution in [-0.4, -0.2) is 51.8 Å². The molecule has 1 aliphatic rings. The summed E-state index contributed by atoms with van der Waals surface area (Å²) in [5.74, 6) is 0.542. The van der Waals surface area contributed by atoms with Crippen LogP contribution in [0, 0.1) is 0 Å². The average Bonchev–Trinajstić information content (AvgIpc) is 3.14. The number of carbonyl (C=O) groups is 1. The first-order chi connectivity index (χ1) is 13.9. The number of pyridine rings is 2. The highest BCUT2D eigenvalue weighted by Gasteiger charge is 2.31. The predicted octanol–water partition coefficient (Wildman–Crippen LogP) is 1.91. The van der Waals surface area contributed by atoms with Gasteiger partial charge in [0.2, 0.25) is 0 Å². The van der Waals surface area contributed by atoms with Gasteiger partial charge in [0, 0.05) is 25.5 Å². The van der Waals surface area contributed by atoms with E-state index < -0.39 is 17.6 Å². The van der Waals surface area contributed by atoms with Crippen molar-refractivity contribution in [2.75, 3.05) is 31.2 Å². The first kappa shape index (κ1) is 19.1. The molecule has 1 saturated heterocycles. The molecule has 0 aliphatic carbocycles. The lowest BCUT2D eigenvalue weighted by Crippen LogP contribution is -2.36. The molecule has 0 bridgehead atoms. The third-order valence-electron chi connectivity index (χ3n) is 4.55. The molecule has 4 heterocycles. The third kappa shape index (κ3) is 4.14. The molecule has 152 valence electrons. The van der Waals surface area contributed by atoms with Crippen LogP contribution in [-0.2, 0) is 17.5 Å². The first-order valence-electron chi connectivity index (χ1n) is 8.89. The molecule has 1 fully saturated rings. The topological polar surface area (TPSA) is 84.7 Å². The number of alkyl halides is 3. The molecular weight excluding hydrogens is 389 g/mol. The number of hydrogen-bond acceptors (Lipinski definition) is 6. The summed E-state index contributed by atoms with van der Waals surface area (Å²) in [6.45, 7) is 2.65. The number of ether oxygens (including phenoxy) is 1. The molecular formula is C18H17F3N6O2. The summed E-state index contributed by atoms with van der Waals surface area (Å²) in [6, 6.07) is 5.57. The molecule has 29 heavy (non-hydrogen) atoms. The van der Waals surface area contributed by atoms with E-state index in [4.69, 9.17) is 4.74 Å². The Kier molecular flexibility index (Phi) is 5.05. The Morgan fingerprint density at radius 2 is 1.93 bits per heavy atom. The van der Waals surface area contributed by atoms with E-state index in [2.05, 4.69) is 25.4 Å². The number of aromatic nitrogens is 4. The van der Waals surface area contributed by atoms with Crippen molar-refractivity contribution in [3.05, 3.63) is 53.6 Å². The van der Waals surface area contributed by atoms with Crippen molar-refractivity contribution < 1.29 is 22.7 Å². The van der Waals surface area contributed by atoms with Gasteiger partial charge in [-0.05, 0) is 24.3 Å². The number of fused-ring (bicyclic) bond motifs is 1. The molecule has 0 aromatic carbocycles. The van der Waals surface area contributed by atoms with Crippen LogP contribution in [0.15, 0.2) is 36.7 Å². The van der Waals surface area contributed by atoms with Crippen molar-refractivity contribution in [3.8, 4) is 0 Å². The van der Waals surface area contributed by atoms with Crippen molar-refractivity contribution in [1.82, 2.24) is 24.9 Å². The summed E-state index contributed by atoms with van der Waals surface area (Å²) in [5.41, 5.74) is -0.217. The minimum absolute atomic E-state index is 0.0769. The molecule has 1 amide bonds. The lowest BCUT2D eigenvalue weighted by molar-refractivity contribution is -0.137. The molecule has 0 unspecified atom stereocenters. The zero-order valence-electron chi connectivity index (χ0n) is 15.2. The molecule has 0 atom stereocenters. The van der Waals surface area contributed by atoms with Crippen LogP contribution in [0.25, 0.3) is 5.65 Å². The SMILES string of the molecule is O=C(NCc1nnc2ccc(C(F)(F)F)cn12)c1ccc(N2CCOCC2)nc1. The van der Waals surface area contributed by atoms with Crippen LogP contribution < -0.4 is 10.2 Å². The van der Waals surface area contributed by atoms with Gasteiger partial charge in [-0.15, -0.1) is 10.2 Å². The Hall–Kier alpha value is -3.21. The van der Waals surface area contributed by atoms with Crippen molar-refractivity contribution in [3.63, 3.8) is 0 Å². The smallest absolute Gasteiger partial charge is 0.378 e. The molecule has 1 aliphatic heterocycles. The standard InChI is InChI=1S/C18H17F3N6O2/c19-18(20,21)13-2-4-15-24-25-16(27(15)11-13)10-23-17(28)12-1-3-14(22-9-12)26-5-7-29-8-6-26/h1-4,9,11H,5-8,10H2,(H,23,28). The number of rotatable bonds is 4. The van der Waals surface area contributed by atoms with Gasteiger partial charge in [-0.3, -0.25) is 9.20 Å². The van der Waals surface area contributed by atoms with E-state index in [1.165, 1.54) is 16.7 Å². The molecule has 3 aromatic rings. The van der Waals surface area contributed by atoms with Gasteiger partial charge in [0.1, 0.15) is 5.82 Å². The number of hydrogen-bond donors (Lipinski definition) is 1. The minimum atomic E-state index is -4.48. The molecule has 11 heteroatoms. The van der Waals surface area contributed by atoms with E-state index in [-0.39, 0.29) is 18.0 Å². The normalized spacial score (nSPS) is 14.9. The Morgan fingerprint density at radius 3 is 2.62 bits per heavy atom. The minimum Gasteiger partial charge on any atom is -0.378 e. The Labute approximate surface area is 163 Å². The predicted molar refractivity (Wildman–Crippen MR) is 96.4 cm³/mol. The fraction of sp³-hybridized carbons (Fsp3) is 0.333. The first-order valence-corrected chi connectivity index (χ1v) is 8.89. The molecule has 0 radical (unpaired) electrons. The van der Waals surface area contributed by atoms with Gasteiger partial charge in [-0.2, -0.15) is 13.2 Å². The monoisotopic (exact) mass is 406 g/mol. The summed E-state index contributed by atoms with van der Waals surface area (Å²) >= 11 is 0. The van der Waals surface area contributed by atoms with Gasteiger partial charge in [-0.25, -0.2) is 4.98 Å². The third-order valence-corrected chi connectivity index (χ3v) is 4.55. The number of halogens is 3. The highest BCUT2D eigenvalue weighted by Crippen LogP contribution is 2.29. The number of nitrogens with zero attached hydrogens (tertiary/aromatic N) is 5. The summed E-state index contributed by atoms with van der Waals surface area (Å²) in [5, 5.41) is 10.3. The molecule has 4 rings (SSSR count). The van der Waals surface area contributed by atoms with E-state index in [0.29, 0.717) is 18.8 Å². The summed E-state index contributed by atoms with van der Waals surface area (Å²) in [4.78, 5) is 18.7. The van der Waals surface area contributed by atoms with Crippen LogP contribution >= 0.6 is 0 Å². The Bertz CT molecular complexity index is 1010. The number of morpholine rings is 1. The Morgan fingerprint density at radius 1 is 1.14 bits per heavy atom. The zero-order valence-corrected chi connectivity index (χ0v) is 15.2. The maximum Gasteiger partial charge on any atom is 0.417 e. The molecule has 8 nitrogen and oxygen atoms in total. The quantitative estimate of drug-likeness (QED) is 0.713. The Balaban J connectivity index is 1.44. The maximum atomic E-state index is 12.9. The van der Waals surface area contributed by atoms with Gasteiger partial charge in [0.15, 0.2) is 11.5 Å². The van der Waals surface area contributed by atoms with Gasteiger partial charge in [0.05, 0.1) is 30.9 Å². The fourth-order valence-electron chi connectivity index (χ4n) is 2.99. The van der Waals surface area contributed by atoms with Crippen molar-refractivity contribution >= 4 is 17.4 Å². The van der Waals surface area contributed by atoms with E-state index in [9.17, 15) is 18.0 Å². The van der Waals surface area contributed by atoms with E-state index >= 15 is 0 Å². The second-order valence-electron chi connectivity index (χ2n) is 6.45. The number of nitrogens with one attached hydrogen (secondary N) is 1. The highest BCUT2D eigenvalue weighted by molar-refractivity contribution is 5.93. The van der Waals surface area contributed by atoms with Crippen LogP contribution in [0.3, 0.4) is 0 Å². The average molecular weight is 406 g/mol. The second-order valence-corrected chi connectivity index (χ2v) is 6.45. The van der Waals surface area contributed by atoms with Crippen molar-refractivity contribution in [2.24, 2.45) is 0 Å². The summed E-state index contributed by atoms with van der Waals surface area (Å²) in [7, 11) is 0. The van der Waals surface area contributed by atoms with Crippen molar-refractivity contribution in [2.45, 2.75) is 12.7 Å². The fourth-order valence-corrected chi connectivity index (χ4v) is 2.99. The molecule has 3 aromatic heterocycles. The second kappa shape index (κ2) is 7.66. The summed E-state index contributed by atoms with van der Waals surface area (Å²) < 4.78 is 45.3. The number of anilines is 1. The van der Waals surface area contributed by atoms with Gasteiger partial charge >= 0.3 is 6.18 Å². The summed E-state index contributed by atoms with van der Waals surface area (Å²) in [6.07, 6.45) is -2.10. The van der Waals surface area contributed by atoms with E-state index in [0.717, 1.165) is 31.2 Å². The number of carbonyl (C=O) groups excluding carboxylic acids is 1. The van der Waals surface area contributed by atoms with Gasteiger partial charge in [-0.1, -0.05) is 0 Å². The van der Waals surface area contributed by atoms with Crippen LogP contribution in [0.2, 0.25) is 0 Å². The van der Waals surface area contributed by atoms with Crippen molar-refractivity contribution in [1.29, 1.82) is 0 Å². The number of amides is 1. The van der Waals surface area contributed by atoms with Crippen LogP contribution in [0.1, 0.15) is 21.7 Å². The lowest BCUT2D eigenvalue weighted by Gasteiger charge is -2.27. The zero-order chi connectivity index (χ0) is 20.4. The molecule has 1 N–H and O–H groups in total. The highest BCUT2D eigenvalue weighted by atomic mass is 19.4. The largest absolute Gasteiger partial charge is 0.417 e. The lowest BCUT2D eigenvalue weighted by atomic mass is 10.2. The van der Waals surface area contributed by atoms with E-state index in [1.807, 2.05) is 0 Å². The van der Waals surface area contributed by atoms with E-state index in [1.54, 1.807) is 12.1 Å². The van der Waals surface area contributed by atoms with Gasteiger partial charge < -0.3 is 15.0 Å². The van der Waals surface area contributed by atoms with Gasteiger partial charge in [0.25, 0.3) is 5.91 Å². The molecule has 0 spiro atoms. The molecule has 0 saturated carbocycles. The van der Waals surface area contributed by atoms with Crippen LogP contribution in [0.4, 0.5) is 19.0 Å². The maximum absolute atomic E-state index is 12.9.